The van der Waals surface area contributed by atoms with Crippen molar-refractivity contribution >= 4 is 16.7 Å². The second-order valence-electron chi connectivity index (χ2n) is 7.19. The van der Waals surface area contributed by atoms with E-state index in [1.54, 1.807) is 42.1 Å². The van der Waals surface area contributed by atoms with E-state index >= 15 is 0 Å². The van der Waals surface area contributed by atoms with Gasteiger partial charge in [0.1, 0.15) is 11.5 Å². The van der Waals surface area contributed by atoms with Gasteiger partial charge in [-0.2, -0.15) is 0 Å². The number of fused-ring (bicyclic) bond motifs is 1. The number of pyridine rings is 1. The van der Waals surface area contributed by atoms with Gasteiger partial charge in [-0.05, 0) is 55.0 Å². The molecule has 0 bridgehead atoms. The highest BCUT2D eigenvalue weighted by atomic mass is 16.5. The number of likely N-dealkylation sites (tertiary alicyclic amines) is 1. The van der Waals surface area contributed by atoms with E-state index in [1.165, 1.54) is 13.5 Å². The molecule has 0 spiro atoms. The van der Waals surface area contributed by atoms with Crippen molar-refractivity contribution in [2.75, 3.05) is 27.3 Å². The Balaban J connectivity index is 1.78. The van der Waals surface area contributed by atoms with E-state index in [0.717, 1.165) is 31.3 Å². The number of hydrogen-bond donors (Lipinski definition) is 0. The van der Waals surface area contributed by atoms with Crippen LogP contribution >= 0.6 is 0 Å². The molecule has 6 heteroatoms. The minimum atomic E-state index is -0.204. The van der Waals surface area contributed by atoms with E-state index in [0.29, 0.717) is 28.1 Å². The van der Waals surface area contributed by atoms with E-state index in [-0.39, 0.29) is 11.5 Å². The van der Waals surface area contributed by atoms with Crippen molar-refractivity contribution in [1.29, 1.82) is 0 Å². The molecule has 6 nitrogen and oxygen atoms in total. The van der Waals surface area contributed by atoms with Crippen LogP contribution in [0.25, 0.3) is 16.5 Å². The van der Waals surface area contributed by atoms with Crippen LogP contribution in [-0.4, -0.2) is 42.7 Å². The van der Waals surface area contributed by atoms with Gasteiger partial charge in [-0.15, -0.1) is 0 Å². The van der Waals surface area contributed by atoms with Crippen LogP contribution in [0.3, 0.4) is 0 Å². The van der Waals surface area contributed by atoms with Crippen LogP contribution in [0.5, 0.6) is 11.5 Å². The van der Waals surface area contributed by atoms with Crippen molar-refractivity contribution in [2.45, 2.75) is 19.3 Å². The maximum atomic E-state index is 13.2. The Bertz CT molecular complexity index is 1110. The molecular weight excluding hydrogens is 368 g/mol. The summed E-state index contributed by atoms with van der Waals surface area (Å²) >= 11 is 0. The van der Waals surface area contributed by atoms with Gasteiger partial charge < -0.3 is 14.4 Å². The summed E-state index contributed by atoms with van der Waals surface area (Å²) in [6, 6.07) is 12.6. The van der Waals surface area contributed by atoms with Gasteiger partial charge in [0.2, 0.25) is 0 Å². The number of hydrogen-bond acceptors (Lipinski definition) is 4. The van der Waals surface area contributed by atoms with Crippen LogP contribution < -0.4 is 15.0 Å². The lowest BCUT2D eigenvalue weighted by molar-refractivity contribution is 0.0724. The molecule has 150 valence electrons. The van der Waals surface area contributed by atoms with Gasteiger partial charge in [0.25, 0.3) is 11.5 Å². The van der Waals surface area contributed by atoms with E-state index < -0.39 is 0 Å². The molecule has 0 unspecified atom stereocenters. The Morgan fingerprint density at radius 1 is 0.966 bits per heavy atom. The quantitative estimate of drug-likeness (QED) is 0.680. The minimum Gasteiger partial charge on any atom is -0.497 e. The number of aromatic nitrogens is 1. The van der Waals surface area contributed by atoms with Crippen molar-refractivity contribution in [3.05, 3.63) is 64.6 Å². The predicted octanol–water partition coefficient (Wildman–Crippen LogP) is 3.63. The summed E-state index contributed by atoms with van der Waals surface area (Å²) in [7, 11) is 3.11. The number of carbonyl (C=O) groups excluding carboxylic acids is 1. The summed E-state index contributed by atoms with van der Waals surface area (Å²) in [5.41, 5.74) is 1.04. The van der Waals surface area contributed by atoms with E-state index in [2.05, 4.69) is 0 Å². The van der Waals surface area contributed by atoms with Crippen molar-refractivity contribution in [3.63, 3.8) is 0 Å². The van der Waals surface area contributed by atoms with Gasteiger partial charge >= 0.3 is 0 Å². The van der Waals surface area contributed by atoms with Gasteiger partial charge in [-0.1, -0.05) is 6.07 Å². The Kier molecular flexibility index (Phi) is 5.25. The van der Waals surface area contributed by atoms with E-state index in [4.69, 9.17) is 9.47 Å². The molecule has 0 aliphatic carbocycles. The highest BCUT2D eigenvalue weighted by molar-refractivity contribution is 5.95. The fourth-order valence-electron chi connectivity index (χ4n) is 3.86. The number of carbonyl (C=O) groups is 1. The number of nitrogens with zero attached hydrogens (tertiary/aromatic N) is 2. The molecule has 0 atom stereocenters. The lowest BCUT2D eigenvalue weighted by atomic mass is 10.1. The zero-order chi connectivity index (χ0) is 20.4. The first kappa shape index (κ1) is 19.1. The third-order valence-electron chi connectivity index (χ3n) is 5.41. The fourth-order valence-corrected chi connectivity index (χ4v) is 3.86. The SMILES string of the molecule is COc1cc(OC)c2c(=O)n(-c3cccc(C(=O)N4CCCCC4)c3)ccc2c1. The highest BCUT2D eigenvalue weighted by Crippen LogP contribution is 2.29. The van der Waals surface area contributed by atoms with Gasteiger partial charge in [0.15, 0.2) is 0 Å². The average Bonchev–Trinajstić information content (AvgIpc) is 2.78. The largest absolute Gasteiger partial charge is 0.497 e. The van der Waals surface area contributed by atoms with Crippen LogP contribution in [0, 0.1) is 0 Å². The third-order valence-corrected chi connectivity index (χ3v) is 5.41. The molecule has 29 heavy (non-hydrogen) atoms. The van der Waals surface area contributed by atoms with Gasteiger partial charge in [0, 0.05) is 36.6 Å². The Labute approximate surface area is 169 Å². The van der Waals surface area contributed by atoms with Crippen LogP contribution in [0.15, 0.2) is 53.5 Å². The van der Waals surface area contributed by atoms with Crippen molar-refractivity contribution in [3.8, 4) is 17.2 Å². The molecule has 3 aromatic rings. The molecule has 1 aliphatic heterocycles. The Morgan fingerprint density at radius 2 is 1.76 bits per heavy atom. The summed E-state index contributed by atoms with van der Waals surface area (Å²) in [6.07, 6.45) is 4.97. The van der Waals surface area contributed by atoms with Crippen LogP contribution in [0.2, 0.25) is 0 Å². The van der Waals surface area contributed by atoms with Crippen LogP contribution in [0.4, 0.5) is 0 Å². The summed E-state index contributed by atoms with van der Waals surface area (Å²) in [4.78, 5) is 28.0. The first-order chi connectivity index (χ1) is 14.1. The van der Waals surface area contributed by atoms with E-state index in [9.17, 15) is 9.59 Å². The lowest BCUT2D eigenvalue weighted by Gasteiger charge is -2.26. The van der Waals surface area contributed by atoms with Gasteiger partial charge in [-0.25, -0.2) is 0 Å². The maximum absolute atomic E-state index is 13.2. The number of piperidine rings is 1. The standard InChI is InChI=1S/C23H24N2O4/c1-28-19-14-16-9-12-25(23(27)21(16)20(15-19)29-2)18-8-6-7-17(13-18)22(26)24-10-4-3-5-11-24/h6-9,12-15H,3-5,10-11H2,1-2H3. The molecule has 1 aliphatic rings. The number of methoxy groups -OCH3 is 2. The second-order valence-corrected chi connectivity index (χ2v) is 7.19. The zero-order valence-corrected chi connectivity index (χ0v) is 16.7. The lowest BCUT2D eigenvalue weighted by Crippen LogP contribution is -2.35. The molecule has 2 heterocycles. The molecule has 1 aromatic heterocycles. The van der Waals surface area contributed by atoms with E-state index in [1.807, 2.05) is 23.1 Å². The molecule has 4 rings (SSSR count). The molecule has 1 amide bonds. The topological polar surface area (TPSA) is 60.8 Å². The Hall–Kier alpha value is -3.28. The van der Waals surface area contributed by atoms with Crippen LogP contribution in [0.1, 0.15) is 29.6 Å². The molecule has 1 saturated heterocycles. The van der Waals surface area contributed by atoms with Crippen molar-refractivity contribution in [2.24, 2.45) is 0 Å². The van der Waals surface area contributed by atoms with Crippen molar-refractivity contribution in [1.82, 2.24) is 9.47 Å². The minimum absolute atomic E-state index is 0.0164. The summed E-state index contributed by atoms with van der Waals surface area (Å²) in [5, 5.41) is 1.21. The van der Waals surface area contributed by atoms with Gasteiger partial charge in [-0.3, -0.25) is 14.2 Å². The zero-order valence-electron chi connectivity index (χ0n) is 16.7. The fraction of sp³-hybridized carbons (Fsp3) is 0.304. The monoisotopic (exact) mass is 392 g/mol. The Morgan fingerprint density at radius 3 is 2.48 bits per heavy atom. The third kappa shape index (κ3) is 3.58. The number of rotatable bonds is 4. The highest BCUT2D eigenvalue weighted by Gasteiger charge is 2.19. The smallest absolute Gasteiger partial charge is 0.266 e. The second kappa shape index (κ2) is 7.99. The van der Waals surface area contributed by atoms with Gasteiger partial charge in [0.05, 0.1) is 19.6 Å². The average molecular weight is 392 g/mol. The molecule has 0 saturated carbocycles. The van der Waals surface area contributed by atoms with Crippen LogP contribution in [-0.2, 0) is 0 Å². The number of benzene rings is 2. The molecule has 1 fully saturated rings. The molecule has 0 radical (unpaired) electrons. The first-order valence-corrected chi connectivity index (χ1v) is 9.79. The number of ether oxygens (including phenoxy) is 2. The molecule has 0 N–H and O–H groups in total. The van der Waals surface area contributed by atoms with Crippen molar-refractivity contribution < 1.29 is 14.3 Å². The predicted molar refractivity (Wildman–Crippen MR) is 112 cm³/mol. The summed E-state index contributed by atoms with van der Waals surface area (Å²) in [5.74, 6) is 1.10. The summed E-state index contributed by atoms with van der Waals surface area (Å²) in [6.45, 7) is 1.58. The molecule has 2 aromatic carbocycles. The summed E-state index contributed by atoms with van der Waals surface area (Å²) < 4.78 is 12.3. The first-order valence-electron chi connectivity index (χ1n) is 9.79. The number of amides is 1. The molecular formula is C23H24N2O4. The maximum Gasteiger partial charge on any atom is 0.266 e. The normalized spacial score (nSPS) is 14.1.